The smallest absolute Gasteiger partial charge is 0.0231 e. The van der Waals surface area contributed by atoms with Crippen LogP contribution in [0.4, 0.5) is 0 Å². The number of hydrogen-bond acceptors (Lipinski definition) is 3. The number of thioether (sulfide) groups is 1. The van der Waals surface area contributed by atoms with Crippen LogP contribution >= 0.6 is 11.8 Å². The maximum Gasteiger partial charge on any atom is 0.0231 e. The Bertz CT molecular complexity index is 136. The summed E-state index contributed by atoms with van der Waals surface area (Å²) in [7, 11) is 2.02. The molecule has 0 aromatic rings. The van der Waals surface area contributed by atoms with Crippen LogP contribution in [-0.4, -0.2) is 48.6 Å². The van der Waals surface area contributed by atoms with Crippen molar-refractivity contribution >= 4 is 11.8 Å². The van der Waals surface area contributed by atoms with E-state index in [2.05, 4.69) is 35.8 Å². The summed E-state index contributed by atoms with van der Waals surface area (Å²) < 4.78 is 0.464. The van der Waals surface area contributed by atoms with Crippen molar-refractivity contribution in [2.75, 3.05) is 39.0 Å². The Hall–Kier alpha value is 0.270. The molecular formula is C9H20N2S. The standard InChI is InChI=1S/C9H20N2S/c1-9(2)8-11(5-4-10-3)6-7-12-9/h10H,4-8H2,1-3H3. The van der Waals surface area contributed by atoms with Gasteiger partial charge in [-0.1, -0.05) is 0 Å². The van der Waals surface area contributed by atoms with E-state index in [0.717, 1.165) is 6.54 Å². The predicted octanol–water partition coefficient (Wildman–Crippen LogP) is 1.03. The molecule has 0 spiro atoms. The van der Waals surface area contributed by atoms with Crippen LogP contribution in [0.1, 0.15) is 13.8 Å². The summed E-state index contributed by atoms with van der Waals surface area (Å²) in [6.07, 6.45) is 0. The van der Waals surface area contributed by atoms with Crippen molar-refractivity contribution in [3.05, 3.63) is 0 Å². The summed E-state index contributed by atoms with van der Waals surface area (Å²) in [5, 5.41) is 3.19. The van der Waals surface area contributed by atoms with Crippen molar-refractivity contribution in [1.82, 2.24) is 10.2 Å². The van der Waals surface area contributed by atoms with Gasteiger partial charge >= 0.3 is 0 Å². The molecular weight excluding hydrogens is 168 g/mol. The van der Waals surface area contributed by atoms with Gasteiger partial charge in [0.15, 0.2) is 0 Å². The van der Waals surface area contributed by atoms with E-state index >= 15 is 0 Å². The summed E-state index contributed by atoms with van der Waals surface area (Å²) in [6, 6.07) is 0. The first-order valence-electron chi connectivity index (χ1n) is 4.65. The zero-order valence-corrected chi connectivity index (χ0v) is 9.21. The van der Waals surface area contributed by atoms with Crippen LogP contribution < -0.4 is 5.32 Å². The van der Waals surface area contributed by atoms with Crippen molar-refractivity contribution in [3.63, 3.8) is 0 Å². The molecule has 1 saturated heterocycles. The predicted molar refractivity (Wildman–Crippen MR) is 56.9 cm³/mol. The summed E-state index contributed by atoms with van der Waals surface area (Å²) in [5.41, 5.74) is 0. The Labute approximate surface area is 80.1 Å². The van der Waals surface area contributed by atoms with E-state index in [-0.39, 0.29) is 0 Å². The Balaban J connectivity index is 2.26. The maximum absolute atomic E-state index is 3.19. The highest BCUT2D eigenvalue weighted by Crippen LogP contribution is 2.28. The molecule has 0 saturated carbocycles. The van der Waals surface area contributed by atoms with Crippen molar-refractivity contribution in [3.8, 4) is 0 Å². The van der Waals surface area contributed by atoms with Gasteiger partial charge in [0.05, 0.1) is 0 Å². The molecule has 0 bridgehead atoms. The largest absolute Gasteiger partial charge is 0.318 e. The van der Waals surface area contributed by atoms with Crippen molar-refractivity contribution in [2.45, 2.75) is 18.6 Å². The zero-order valence-electron chi connectivity index (χ0n) is 8.39. The SMILES string of the molecule is CNCCN1CCSC(C)(C)C1. The van der Waals surface area contributed by atoms with Crippen LogP contribution in [0.5, 0.6) is 0 Å². The van der Waals surface area contributed by atoms with Crippen LogP contribution in [0.15, 0.2) is 0 Å². The quantitative estimate of drug-likeness (QED) is 0.712. The van der Waals surface area contributed by atoms with Crippen LogP contribution in [0.3, 0.4) is 0 Å². The highest BCUT2D eigenvalue weighted by molar-refractivity contribution is 8.00. The minimum absolute atomic E-state index is 0.464. The average molecular weight is 188 g/mol. The minimum Gasteiger partial charge on any atom is -0.318 e. The van der Waals surface area contributed by atoms with Crippen LogP contribution in [-0.2, 0) is 0 Å². The second-order valence-electron chi connectivity index (χ2n) is 3.99. The van der Waals surface area contributed by atoms with Gasteiger partial charge in [0.25, 0.3) is 0 Å². The maximum atomic E-state index is 3.19. The molecule has 0 amide bonds. The number of nitrogens with one attached hydrogen (secondary N) is 1. The number of rotatable bonds is 3. The van der Waals surface area contributed by atoms with Gasteiger partial charge in [0.2, 0.25) is 0 Å². The Morgan fingerprint density at radius 1 is 1.50 bits per heavy atom. The fraction of sp³-hybridized carbons (Fsp3) is 1.00. The molecule has 1 rings (SSSR count). The third kappa shape index (κ3) is 3.33. The molecule has 0 radical (unpaired) electrons. The van der Waals surface area contributed by atoms with Gasteiger partial charge in [-0.15, -0.1) is 0 Å². The van der Waals surface area contributed by atoms with E-state index < -0.39 is 0 Å². The van der Waals surface area contributed by atoms with Gasteiger partial charge in [-0.2, -0.15) is 11.8 Å². The summed E-state index contributed by atoms with van der Waals surface area (Å²) in [6.45, 7) is 9.47. The summed E-state index contributed by atoms with van der Waals surface area (Å²) in [5.74, 6) is 1.29. The third-order valence-electron chi connectivity index (χ3n) is 2.18. The third-order valence-corrected chi connectivity index (χ3v) is 3.48. The lowest BCUT2D eigenvalue weighted by Crippen LogP contribution is -2.45. The van der Waals surface area contributed by atoms with Gasteiger partial charge < -0.3 is 5.32 Å². The van der Waals surface area contributed by atoms with Gasteiger partial charge in [-0.25, -0.2) is 0 Å². The van der Waals surface area contributed by atoms with Crippen LogP contribution in [0.2, 0.25) is 0 Å². The van der Waals surface area contributed by atoms with E-state index in [1.807, 2.05) is 7.05 Å². The topological polar surface area (TPSA) is 15.3 Å². The zero-order chi connectivity index (χ0) is 9.03. The number of nitrogens with zero attached hydrogens (tertiary/aromatic N) is 1. The molecule has 1 aliphatic heterocycles. The molecule has 1 N–H and O–H groups in total. The molecule has 0 aromatic heterocycles. The first kappa shape index (κ1) is 10.4. The molecule has 0 unspecified atom stereocenters. The second kappa shape index (κ2) is 4.49. The molecule has 0 aliphatic carbocycles. The van der Waals surface area contributed by atoms with Gasteiger partial charge in [-0.05, 0) is 20.9 Å². The number of likely N-dealkylation sites (N-methyl/N-ethyl adjacent to an activating group) is 1. The molecule has 1 fully saturated rings. The Morgan fingerprint density at radius 2 is 2.25 bits per heavy atom. The van der Waals surface area contributed by atoms with Crippen LogP contribution in [0.25, 0.3) is 0 Å². The van der Waals surface area contributed by atoms with Crippen molar-refractivity contribution in [1.29, 1.82) is 0 Å². The lowest BCUT2D eigenvalue weighted by molar-refractivity contribution is 0.262. The molecule has 12 heavy (non-hydrogen) atoms. The van der Waals surface area contributed by atoms with E-state index in [1.165, 1.54) is 25.4 Å². The first-order chi connectivity index (χ1) is 5.64. The van der Waals surface area contributed by atoms with Crippen molar-refractivity contribution < 1.29 is 0 Å². The Kier molecular flexibility index (Phi) is 3.87. The van der Waals surface area contributed by atoms with Gasteiger partial charge in [0, 0.05) is 36.7 Å². The molecule has 0 atom stereocenters. The summed E-state index contributed by atoms with van der Waals surface area (Å²) >= 11 is 2.10. The minimum atomic E-state index is 0.464. The average Bonchev–Trinajstić information content (AvgIpc) is 1.99. The van der Waals surface area contributed by atoms with Crippen molar-refractivity contribution in [2.24, 2.45) is 0 Å². The van der Waals surface area contributed by atoms with E-state index in [9.17, 15) is 0 Å². The normalized spacial score (nSPS) is 24.2. The first-order valence-corrected chi connectivity index (χ1v) is 5.63. The molecule has 1 heterocycles. The van der Waals surface area contributed by atoms with E-state index in [0.29, 0.717) is 4.75 Å². The van der Waals surface area contributed by atoms with E-state index in [1.54, 1.807) is 0 Å². The molecule has 2 nitrogen and oxygen atoms in total. The highest BCUT2D eigenvalue weighted by Gasteiger charge is 2.26. The molecule has 72 valence electrons. The highest BCUT2D eigenvalue weighted by atomic mass is 32.2. The molecule has 0 aromatic carbocycles. The Morgan fingerprint density at radius 3 is 2.83 bits per heavy atom. The second-order valence-corrected chi connectivity index (χ2v) is 5.79. The van der Waals surface area contributed by atoms with Gasteiger partial charge in [-0.3, -0.25) is 4.90 Å². The van der Waals surface area contributed by atoms with Gasteiger partial charge in [0.1, 0.15) is 0 Å². The lowest BCUT2D eigenvalue weighted by atomic mass is 10.2. The monoisotopic (exact) mass is 188 g/mol. The fourth-order valence-electron chi connectivity index (χ4n) is 1.58. The fourth-order valence-corrected chi connectivity index (χ4v) is 2.75. The molecule has 3 heteroatoms. The lowest BCUT2D eigenvalue weighted by Gasteiger charge is -2.37. The summed E-state index contributed by atoms with van der Waals surface area (Å²) in [4.78, 5) is 2.55. The van der Waals surface area contributed by atoms with Crippen LogP contribution in [0, 0.1) is 0 Å². The van der Waals surface area contributed by atoms with E-state index in [4.69, 9.17) is 0 Å². The molecule has 1 aliphatic rings. The number of hydrogen-bond donors (Lipinski definition) is 1.